The molecule has 1 atom stereocenters. The average Bonchev–Trinajstić information content (AvgIpc) is 3.41. The van der Waals surface area contributed by atoms with Gasteiger partial charge in [0.25, 0.3) is 11.8 Å². The summed E-state index contributed by atoms with van der Waals surface area (Å²) in [6.45, 7) is 5.74. The molecule has 9 nitrogen and oxygen atoms in total. The first-order chi connectivity index (χ1) is 16.0. The molecular weight excluding hydrogens is 474 g/mol. The Hall–Kier alpha value is -3.44. The van der Waals surface area contributed by atoms with Gasteiger partial charge in [-0.3, -0.25) is 14.4 Å². The molecule has 5 N–H and O–H groups in total. The molecule has 180 valence electrons. The Labute approximate surface area is 205 Å². The molecule has 0 saturated carbocycles. The number of thiophene rings is 1. The third kappa shape index (κ3) is 5.72. The fourth-order valence-corrected chi connectivity index (χ4v) is 4.77. The van der Waals surface area contributed by atoms with Crippen LogP contribution in [-0.2, 0) is 11.3 Å². The minimum Gasteiger partial charge on any atom is -0.497 e. The largest absolute Gasteiger partial charge is 0.497 e. The maximum atomic E-state index is 13.8. The van der Waals surface area contributed by atoms with Gasteiger partial charge in [0.05, 0.1) is 19.3 Å². The molecule has 0 radical (unpaired) electrons. The first-order valence-corrected chi connectivity index (χ1v) is 12.0. The lowest BCUT2D eigenvalue weighted by atomic mass is 10.0. The number of aromatic nitrogens is 1. The Morgan fingerprint density at radius 1 is 1.18 bits per heavy atom. The van der Waals surface area contributed by atoms with Crippen molar-refractivity contribution in [2.45, 2.75) is 38.9 Å². The summed E-state index contributed by atoms with van der Waals surface area (Å²) in [5, 5.41) is 4.86. The molecule has 0 spiro atoms. The molecule has 3 amide bonds. The molecule has 1 aromatic carbocycles. The second-order valence-corrected chi connectivity index (χ2v) is 10.4. The number of nitrogen functional groups attached to an aromatic ring is 1. The fourth-order valence-electron chi connectivity index (χ4n) is 3.31. The van der Waals surface area contributed by atoms with Gasteiger partial charge in [-0.05, 0) is 61.4 Å². The van der Waals surface area contributed by atoms with Crippen molar-refractivity contribution in [3.8, 4) is 5.75 Å². The van der Waals surface area contributed by atoms with E-state index in [4.69, 9.17) is 16.2 Å². The number of methoxy groups -OCH3 is 1. The number of carbonyl (C=O) groups excluding carboxylic acids is 3. The van der Waals surface area contributed by atoms with E-state index < -0.39 is 23.4 Å². The number of nitrogens with two attached hydrogens (primary N) is 2. The van der Waals surface area contributed by atoms with Crippen LogP contribution in [0.25, 0.3) is 0 Å². The first kappa shape index (κ1) is 25.2. The molecule has 0 fully saturated rings. The van der Waals surface area contributed by atoms with Gasteiger partial charge in [-0.25, -0.2) is 0 Å². The topological polar surface area (TPSA) is 141 Å². The number of nitrogens with one attached hydrogen (secondary N) is 1. The molecule has 11 heteroatoms. The highest BCUT2D eigenvalue weighted by atomic mass is 32.1. The van der Waals surface area contributed by atoms with Gasteiger partial charge in [0, 0.05) is 10.4 Å². The third-order valence-corrected chi connectivity index (χ3v) is 6.52. The van der Waals surface area contributed by atoms with Crippen LogP contribution in [0, 0.1) is 0 Å². The van der Waals surface area contributed by atoms with E-state index in [-0.39, 0.29) is 28.7 Å². The number of benzene rings is 1. The van der Waals surface area contributed by atoms with Crippen molar-refractivity contribution in [1.82, 2.24) is 14.6 Å². The van der Waals surface area contributed by atoms with E-state index in [1.807, 2.05) is 38.3 Å². The van der Waals surface area contributed by atoms with Crippen molar-refractivity contribution in [3.63, 3.8) is 0 Å². The maximum Gasteiger partial charge on any atom is 0.270 e. The van der Waals surface area contributed by atoms with E-state index in [2.05, 4.69) is 9.69 Å². The van der Waals surface area contributed by atoms with Gasteiger partial charge < -0.3 is 26.4 Å². The number of hydrogen-bond acceptors (Lipinski definition) is 8. The molecule has 0 saturated heterocycles. The Morgan fingerprint density at radius 2 is 1.85 bits per heavy atom. The predicted octanol–water partition coefficient (Wildman–Crippen LogP) is 3.19. The Kier molecular flexibility index (Phi) is 7.57. The molecule has 0 aliphatic rings. The number of anilines is 1. The summed E-state index contributed by atoms with van der Waals surface area (Å²) in [6.07, 6.45) is 0. The van der Waals surface area contributed by atoms with Gasteiger partial charge in [0.2, 0.25) is 5.91 Å². The lowest BCUT2D eigenvalue weighted by Gasteiger charge is -2.33. The molecule has 3 rings (SSSR count). The van der Waals surface area contributed by atoms with Crippen molar-refractivity contribution in [2.75, 3.05) is 12.8 Å². The molecule has 2 heterocycles. The minimum absolute atomic E-state index is 0.0485. The summed E-state index contributed by atoms with van der Waals surface area (Å²) in [6, 6.07) is 9.70. The van der Waals surface area contributed by atoms with Crippen LogP contribution in [0.2, 0.25) is 0 Å². The van der Waals surface area contributed by atoms with E-state index in [1.54, 1.807) is 31.4 Å². The van der Waals surface area contributed by atoms with Crippen LogP contribution in [0.3, 0.4) is 0 Å². The van der Waals surface area contributed by atoms with E-state index in [9.17, 15) is 14.4 Å². The predicted molar refractivity (Wildman–Crippen MR) is 133 cm³/mol. The molecule has 1 unspecified atom stereocenters. The number of primary amides is 1. The Bertz CT molecular complexity index is 1170. The Balaban J connectivity index is 2.13. The summed E-state index contributed by atoms with van der Waals surface area (Å²) in [7, 11) is 1.55. The summed E-state index contributed by atoms with van der Waals surface area (Å²) < 4.78 is 9.20. The molecule has 0 aliphatic heterocycles. The number of hydrogen-bond donors (Lipinski definition) is 3. The zero-order valence-corrected chi connectivity index (χ0v) is 21.0. The molecule has 2 aromatic heterocycles. The smallest absolute Gasteiger partial charge is 0.270 e. The second-order valence-electron chi connectivity index (χ2n) is 8.57. The highest BCUT2D eigenvalue weighted by Gasteiger charge is 2.36. The SMILES string of the molecule is COc1ccc(C(C(=O)NC(C)(C)C)N(Cc2cccs2)C(=O)c2snc(C(N)=O)c2N)cc1. The highest BCUT2D eigenvalue weighted by Crippen LogP contribution is 2.32. The van der Waals surface area contributed by atoms with Gasteiger partial charge in [0.15, 0.2) is 5.69 Å². The van der Waals surface area contributed by atoms with E-state index in [0.717, 1.165) is 16.4 Å². The fraction of sp³-hybridized carbons (Fsp3) is 0.304. The van der Waals surface area contributed by atoms with Crippen molar-refractivity contribution < 1.29 is 19.1 Å². The van der Waals surface area contributed by atoms with Crippen molar-refractivity contribution in [2.24, 2.45) is 5.73 Å². The van der Waals surface area contributed by atoms with Gasteiger partial charge in [-0.1, -0.05) is 18.2 Å². The number of nitrogens with zero attached hydrogens (tertiary/aromatic N) is 2. The highest BCUT2D eigenvalue weighted by molar-refractivity contribution is 7.10. The van der Waals surface area contributed by atoms with Crippen LogP contribution in [0.1, 0.15) is 57.4 Å². The summed E-state index contributed by atoms with van der Waals surface area (Å²) >= 11 is 2.24. The summed E-state index contributed by atoms with van der Waals surface area (Å²) in [5.74, 6) is -1.09. The van der Waals surface area contributed by atoms with E-state index in [1.165, 1.54) is 16.2 Å². The first-order valence-electron chi connectivity index (χ1n) is 10.4. The van der Waals surface area contributed by atoms with Crippen molar-refractivity contribution in [3.05, 3.63) is 62.8 Å². The van der Waals surface area contributed by atoms with Crippen LogP contribution < -0.4 is 21.5 Å². The summed E-state index contributed by atoms with van der Waals surface area (Å²) in [5.41, 5.74) is 11.2. The van der Waals surface area contributed by atoms with Crippen LogP contribution in [0.4, 0.5) is 5.69 Å². The second kappa shape index (κ2) is 10.2. The lowest BCUT2D eigenvalue weighted by Crippen LogP contribution is -2.49. The third-order valence-electron chi connectivity index (χ3n) is 4.81. The number of carbonyl (C=O) groups is 3. The molecule has 0 bridgehead atoms. The normalized spacial score (nSPS) is 12.1. The standard InChI is InChI=1S/C23H27N5O4S2/c1-23(2,3)26-21(30)18(13-7-9-14(32-4)10-8-13)28(12-15-6-5-11-33-15)22(31)19-16(24)17(20(25)29)27-34-19/h5-11,18H,12,24H2,1-4H3,(H2,25,29)(H,26,30). The van der Waals surface area contributed by atoms with Gasteiger partial charge in [-0.15, -0.1) is 11.3 Å². The Morgan fingerprint density at radius 3 is 2.35 bits per heavy atom. The van der Waals surface area contributed by atoms with Gasteiger partial charge >= 0.3 is 0 Å². The molecular formula is C23H27N5O4S2. The minimum atomic E-state index is -0.988. The number of ether oxygens (including phenoxy) is 1. The molecule has 0 aliphatic carbocycles. The zero-order valence-electron chi connectivity index (χ0n) is 19.3. The van der Waals surface area contributed by atoms with Crippen molar-refractivity contribution in [1.29, 1.82) is 0 Å². The lowest BCUT2D eigenvalue weighted by molar-refractivity contribution is -0.127. The zero-order chi connectivity index (χ0) is 25.0. The maximum absolute atomic E-state index is 13.8. The van der Waals surface area contributed by atoms with Crippen LogP contribution in [-0.4, -0.2) is 39.6 Å². The quantitative estimate of drug-likeness (QED) is 0.433. The van der Waals surface area contributed by atoms with Crippen LogP contribution >= 0.6 is 22.9 Å². The van der Waals surface area contributed by atoms with Crippen LogP contribution in [0.15, 0.2) is 41.8 Å². The molecule has 3 aromatic rings. The van der Waals surface area contributed by atoms with E-state index >= 15 is 0 Å². The van der Waals surface area contributed by atoms with Crippen LogP contribution in [0.5, 0.6) is 5.75 Å². The monoisotopic (exact) mass is 501 g/mol. The average molecular weight is 502 g/mol. The van der Waals surface area contributed by atoms with Gasteiger partial charge in [-0.2, -0.15) is 4.37 Å². The van der Waals surface area contributed by atoms with E-state index in [0.29, 0.717) is 11.3 Å². The number of amides is 3. The summed E-state index contributed by atoms with van der Waals surface area (Å²) in [4.78, 5) is 41.4. The van der Waals surface area contributed by atoms with Gasteiger partial charge in [0.1, 0.15) is 16.7 Å². The molecule has 34 heavy (non-hydrogen) atoms. The number of rotatable bonds is 8. The van der Waals surface area contributed by atoms with Crippen molar-refractivity contribution >= 4 is 46.3 Å².